The highest BCUT2D eigenvalue weighted by molar-refractivity contribution is 6.31. The van der Waals surface area contributed by atoms with Crippen LogP contribution in [0.2, 0.25) is 5.02 Å². The zero-order valence-electron chi connectivity index (χ0n) is 10.7. The average molecular weight is 286 g/mol. The van der Waals surface area contributed by atoms with Crippen molar-refractivity contribution in [1.82, 2.24) is 5.32 Å². The number of rotatable bonds is 5. The van der Waals surface area contributed by atoms with Crippen LogP contribution in [0.15, 0.2) is 18.2 Å². The van der Waals surface area contributed by atoms with Gasteiger partial charge in [-0.15, -0.1) is 0 Å². The van der Waals surface area contributed by atoms with Crippen LogP contribution < -0.4 is 21.1 Å². The lowest BCUT2D eigenvalue weighted by Crippen LogP contribution is -2.38. The van der Waals surface area contributed by atoms with E-state index in [0.717, 1.165) is 0 Å². The van der Waals surface area contributed by atoms with Gasteiger partial charge in [-0.25, -0.2) is 4.79 Å². The van der Waals surface area contributed by atoms with Gasteiger partial charge in [-0.05, 0) is 25.1 Å². The van der Waals surface area contributed by atoms with Crippen molar-refractivity contribution in [2.45, 2.75) is 19.4 Å². The number of hydrogen-bond donors (Lipinski definition) is 3. The fraction of sp³-hybridized carbons (Fsp3) is 0.333. The predicted octanol–water partition coefficient (Wildman–Crippen LogP) is 1.73. The molecule has 0 spiro atoms. The first-order valence-electron chi connectivity index (χ1n) is 5.61. The lowest BCUT2D eigenvalue weighted by Gasteiger charge is -2.14. The number of nitrogens with one attached hydrogen (secondary N) is 2. The number of anilines is 1. The number of methoxy groups -OCH3 is 1. The Morgan fingerprint density at radius 3 is 2.74 bits per heavy atom. The van der Waals surface area contributed by atoms with E-state index in [1.165, 1.54) is 7.11 Å². The lowest BCUT2D eigenvalue weighted by atomic mass is 10.2. The molecule has 104 valence electrons. The van der Waals surface area contributed by atoms with Crippen LogP contribution in [0.5, 0.6) is 5.75 Å². The van der Waals surface area contributed by atoms with Gasteiger partial charge in [0, 0.05) is 17.5 Å². The van der Waals surface area contributed by atoms with Crippen molar-refractivity contribution >= 4 is 29.2 Å². The number of benzene rings is 1. The number of carbonyl (C=O) groups is 2. The number of halogens is 1. The SMILES string of the molecule is COc1ccc(Cl)cc1NC(=O)NC(C)CC(N)=O. The second kappa shape index (κ2) is 6.84. The van der Waals surface area contributed by atoms with Crippen LogP contribution in [-0.4, -0.2) is 25.1 Å². The minimum Gasteiger partial charge on any atom is -0.495 e. The molecule has 1 rings (SSSR count). The summed E-state index contributed by atoms with van der Waals surface area (Å²) in [5.74, 6) is 0.00948. The highest BCUT2D eigenvalue weighted by Crippen LogP contribution is 2.27. The van der Waals surface area contributed by atoms with E-state index in [0.29, 0.717) is 16.5 Å². The summed E-state index contributed by atoms with van der Waals surface area (Å²) >= 11 is 5.84. The van der Waals surface area contributed by atoms with Crippen LogP contribution in [-0.2, 0) is 4.79 Å². The second-order valence-electron chi connectivity index (χ2n) is 4.01. The second-order valence-corrected chi connectivity index (χ2v) is 4.45. The molecule has 0 heterocycles. The molecule has 0 aliphatic heterocycles. The van der Waals surface area contributed by atoms with Gasteiger partial charge in [0.1, 0.15) is 5.75 Å². The molecular weight excluding hydrogens is 270 g/mol. The molecule has 0 bridgehead atoms. The molecule has 0 aliphatic carbocycles. The zero-order valence-corrected chi connectivity index (χ0v) is 11.5. The number of urea groups is 1. The van der Waals surface area contributed by atoms with E-state index < -0.39 is 11.9 Å². The van der Waals surface area contributed by atoms with Crippen molar-refractivity contribution in [3.63, 3.8) is 0 Å². The van der Waals surface area contributed by atoms with Gasteiger partial charge >= 0.3 is 6.03 Å². The van der Waals surface area contributed by atoms with Crippen molar-refractivity contribution in [3.8, 4) is 5.75 Å². The molecule has 1 unspecified atom stereocenters. The van der Waals surface area contributed by atoms with Gasteiger partial charge in [0.05, 0.1) is 12.8 Å². The number of ether oxygens (including phenoxy) is 1. The molecule has 19 heavy (non-hydrogen) atoms. The minimum atomic E-state index is -0.479. The largest absolute Gasteiger partial charge is 0.495 e. The van der Waals surface area contributed by atoms with Crippen molar-refractivity contribution in [1.29, 1.82) is 0 Å². The third kappa shape index (κ3) is 5.05. The zero-order chi connectivity index (χ0) is 14.4. The quantitative estimate of drug-likeness (QED) is 0.769. The third-order valence-electron chi connectivity index (χ3n) is 2.29. The monoisotopic (exact) mass is 285 g/mol. The summed E-state index contributed by atoms with van der Waals surface area (Å²) in [6.07, 6.45) is 0.0695. The molecule has 0 saturated heterocycles. The maximum Gasteiger partial charge on any atom is 0.319 e. The van der Waals surface area contributed by atoms with Gasteiger partial charge < -0.3 is 21.1 Å². The molecule has 6 nitrogen and oxygen atoms in total. The first-order chi connectivity index (χ1) is 8.92. The molecule has 0 saturated carbocycles. The number of carbonyl (C=O) groups excluding carboxylic acids is 2. The maximum absolute atomic E-state index is 11.7. The molecule has 3 amide bonds. The Balaban J connectivity index is 2.66. The Morgan fingerprint density at radius 2 is 2.16 bits per heavy atom. The molecule has 7 heteroatoms. The number of hydrogen-bond acceptors (Lipinski definition) is 3. The summed E-state index contributed by atoms with van der Waals surface area (Å²) in [5, 5.41) is 5.65. The maximum atomic E-state index is 11.7. The average Bonchev–Trinajstić information content (AvgIpc) is 2.27. The van der Waals surface area contributed by atoms with Crippen molar-refractivity contribution in [2.24, 2.45) is 5.73 Å². The van der Waals surface area contributed by atoms with E-state index in [2.05, 4.69) is 10.6 Å². The molecule has 1 atom stereocenters. The van der Waals surface area contributed by atoms with Crippen LogP contribution in [0.4, 0.5) is 10.5 Å². The normalized spacial score (nSPS) is 11.5. The summed E-state index contributed by atoms with van der Waals surface area (Å²) in [4.78, 5) is 22.4. The van der Waals surface area contributed by atoms with Crippen LogP contribution in [0, 0.1) is 0 Å². The first kappa shape index (κ1) is 15.1. The van der Waals surface area contributed by atoms with Crippen LogP contribution in [0.1, 0.15) is 13.3 Å². The number of nitrogens with two attached hydrogens (primary N) is 1. The van der Waals surface area contributed by atoms with Crippen molar-refractivity contribution in [3.05, 3.63) is 23.2 Å². The summed E-state index contributed by atoms with van der Waals surface area (Å²) < 4.78 is 5.10. The molecule has 1 aromatic carbocycles. The molecule has 0 aliphatic rings. The van der Waals surface area contributed by atoms with Gasteiger partial charge in [0.2, 0.25) is 5.91 Å². The van der Waals surface area contributed by atoms with Crippen molar-refractivity contribution in [2.75, 3.05) is 12.4 Å². The third-order valence-corrected chi connectivity index (χ3v) is 2.53. The van der Waals surface area contributed by atoms with Gasteiger partial charge in [-0.3, -0.25) is 4.79 Å². The summed E-state index contributed by atoms with van der Waals surface area (Å²) in [5.41, 5.74) is 5.48. The van der Waals surface area contributed by atoms with Crippen LogP contribution in [0.3, 0.4) is 0 Å². The van der Waals surface area contributed by atoms with E-state index >= 15 is 0 Å². The van der Waals surface area contributed by atoms with Crippen LogP contribution in [0.25, 0.3) is 0 Å². The number of primary amides is 1. The molecule has 0 fully saturated rings. The van der Waals surface area contributed by atoms with Crippen molar-refractivity contribution < 1.29 is 14.3 Å². The smallest absolute Gasteiger partial charge is 0.319 e. The fourth-order valence-electron chi connectivity index (χ4n) is 1.51. The van der Waals surface area contributed by atoms with Gasteiger partial charge in [-0.2, -0.15) is 0 Å². The lowest BCUT2D eigenvalue weighted by molar-refractivity contribution is -0.118. The van der Waals surface area contributed by atoms with Gasteiger partial charge in [-0.1, -0.05) is 11.6 Å². The van der Waals surface area contributed by atoms with Gasteiger partial charge in [0.15, 0.2) is 0 Å². The molecular formula is C12H16ClN3O3. The molecule has 4 N–H and O–H groups in total. The predicted molar refractivity (Wildman–Crippen MR) is 73.4 cm³/mol. The fourth-order valence-corrected chi connectivity index (χ4v) is 1.68. The molecule has 0 aromatic heterocycles. The topological polar surface area (TPSA) is 93.4 Å². The standard InChI is InChI=1S/C12H16ClN3O3/c1-7(5-11(14)17)15-12(18)16-9-6-8(13)3-4-10(9)19-2/h3-4,6-7H,5H2,1-2H3,(H2,14,17)(H2,15,16,18). The highest BCUT2D eigenvalue weighted by atomic mass is 35.5. The van der Waals surface area contributed by atoms with Crippen LogP contribution >= 0.6 is 11.6 Å². The van der Waals surface area contributed by atoms with E-state index in [1.54, 1.807) is 25.1 Å². The Morgan fingerprint density at radius 1 is 1.47 bits per heavy atom. The minimum absolute atomic E-state index is 0.0695. The molecule has 1 aromatic rings. The summed E-state index contributed by atoms with van der Waals surface area (Å²) in [6, 6.07) is 4.04. The van der Waals surface area contributed by atoms with E-state index in [9.17, 15) is 9.59 Å². The van der Waals surface area contributed by atoms with E-state index in [-0.39, 0.29) is 12.5 Å². The Bertz CT molecular complexity index is 479. The Hall–Kier alpha value is -1.95. The Labute approximate surface area is 116 Å². The Kier molecular flexibility index (Phi) is 5.44. The highest BCUT2D eigenvalue weighted by Gasteiger charge is 2.12. The van der Waals surface area contributed by atoms with Gasteiger partial charge in [0.25, 0.3) is 0 Å². The van der Waals surface area contributed by atoms with E-state index in [1.807, 2.05) is 0 Å². The summed E-state index contributed by atoms with van der Waals surface area (Å²) in [7, 11) is 1.49. The van der Waals surface area contributed by atoms with E-state index in [4.69, 9.17) is 22.1 Å². The summed E-state index contributed by atoms with van der Waals surface area (Å²) in [6.45, 7) is 1.68. The number of amides is 3. The first-order valence-corrected chi connectivity index (χ1v) is 5.99. The molecule has 0 radical (unpaired) electrons.